The highest BCUT2D eigenvalue weighted by molar-refractivity contribution is 9.10. The lowest BCUT2D eigenvalue weighted by Crippen LogP contribution is -1.82. The largest absolute Gasteiger partial charge is 0.457 e. The van der Waals surface area contributed by atoms with E-state index in [1.54, 1.807) is 6.07 Å². The molecule has 0 unspecified atom stereocenters. The number of hydrogen-bond donors (Lipinski definition) is 0. The van der Waals surface area contributed by atoms with E-state index in [1.807, 2.05) is 13.8 Å². The van der Waals surface area contributed by atoms with Gasteiger partial charge in [-0.3, -0.25) is 4.79 Å². The molecule has 2 nitrogen and oxygen atoms in total. The third-order valence-corrected chi connectivity index (χ3v) is 1.99. The fourth-order valence-electron chi connectivity index (χ4n) is 0.853. The number of carbonyl (C=O) groups is 1. The molecule has 0 saturated heterocycles. The predicted molar refractivity (Wildman–Crippen MR) is 45.9 cm³/mol. The Hall–Kier alpha value is -0.570. The van der Waals surface area contributed by atoms with Gasteiger partial charge in [0.25, 0.3) is 0 Å². The second-order valence-electron chi connectivity index (χ2n) is 2.63. The summed E-state index contributed by atoms with van der Waals surface area (Å²) in [6.07, 6.45) is 0.705. The monoisotopic (exact) mass is 216 g/mol. The molecule has 1 aromatic heterocycles. The van der Waals surface area contributed by atoms with Crippen molar-refractivity contribution in [2.75, 3.05) is 0 Å². The molecule has 0 amide bonds. The molecule has 3 heteroatoms. The number of rotatable bonds is 2. The van der Waals surface area contributed by atoms with Gasteiger partial charge in [0, 0.05) is 12.0 Å². The van der Waals surface area contributed by atoms with Gasteiger partial charge in [-0.15, -0.1) is 0 Å². The zero-order valence-corrected chi connectivity index (χ0v) is 8.01. The van der Waals surface area contributed by atoms with Crippen molar-refractivity contribution >= 4 is 22.2 Å². The lowest BCUT2D eigenvalue weighted by atomic mass is 10.2. The highest BCUT2D eigenvalue weighted by Gasteiger charge is 2.10. The van der Waals surface area contributed by atoms with E-state index < -0.39 is 0 Å². The summed E-state index contributed by atoms with van der Waals surface area (Å²) in [5.41, 5.74) is 0. The van der Waals surface area contributed by atoms with E-state index in [9.17, 15) is 4.79 Å². The van der Waals surface area contributed by atoms with Gasteiger partial charge in [-0.2, -0.15) is 0 Å². The minimum absolute atomic E-state index is 0.304. The van der Waals surface area contributed by atoms with Crippen LogP contribution in [0.15, 0.2) is 15.0 Å². The Kier molecular flexibility index (Phi) is 2.49. The van der Waals surface area contributed by atoms with Crippen LogP contribution in [0.25, 0.3) is 0 Å². The second kappa shape index (κ2) is 3.22. The molecule has 0 aliphatic heterocycles. The lowest BCUT2D eigenvalue weighted by Gasteiger charge is -1.98. The molecule has 0 N–H and O–H groups in total. The molecule has 1 aromatic rings. The maximum atomic E-state index is 10.3. The molecule has 1 heterocycles. The Morgan fingerprint density at radius 1 is 1.64 bits per heavy atom. The fraction of sp³-hybridized carbons (Fsp3) is 0.375. The van der Waals surface area contributed by atoms with Gasteiger partial charge in [-0.1, -0.05) is 13.8 Å². The van der Waals surface area contributed by atoms with E-state index in [0.717, 1.165) is 10.2 Å². The third-order valence-electron chi connectivity index (χ3n) is 1.37. The molecule has 0 aliphatic carbocycles. The van der Waals surface area contributed by atoms with E-state index >= 15 is 0 Å². The summed E-state index contributed by atoms with van der Waals surface area (Å²) in [6, 6.07) is 1.68. The summed E-state index contributed by atoms with van der Waals surface area (Å²) >= 11 is 3.31. The number of carbonyl (C=O) groups excluding carboxylic acids is 1. The summed E-state index contributed by atoms with van der Waals surface area (Å²) in [5.74, 6) is 1.51. The lowest BCUT2D eigenvalue weighted by molar-refractivity contribution is 0.109. The number of aldehydes is 1. The van der Waals surface area contributed by atoms with Gasteiger partial charge in [0.1, 0.15) is 5.76 Å². The number of furan rings is 1. The van der Waals surface area contributed by atoms with Crippen molar-refractivity contribution in [3.63, 3.8) is 0 Å². The van der Waals surface area contributed by atoms with Crippen molar-refractivity contribution in [3.8, 4) is 0 Å². The van der Waals surface area contributed by atoms with Crippen LogP contribution in [-0.4, -0.2) is 6.29 Å². The van der Waals surface area contributed by atoms with Crippen LogP contribution < -0.4 is 0 Å². The zero-order chi connectivity index (χ0) is 8.43. The van der Waals surface area contributed by atoms with Crippen molar-refractivity contribution in [1.29, 1.82) is 0 Å². The molecule has 0 fully saturated rings. The molecule has 0 spiro atoms. The van der Waals surface area contributed by atoms with Crippen molar-refractivity contribution in [2.45, 2.75) is 19.8 Å². The quantitative estimate of drug-likeness (QED) is 0.712. The molecule has 0 atom stereocenters. The number of halogens is 1. The maximum absolute atomic E-state index is 10.3. The van der Waals surface area contributed by atoms with Crippen LogP contribution >= 0.6 is 15.9 Å². The number of hydrogen-bond acceptors (Lipinski definition) is 2. The third kappa shape index (κ3) is 1.71. The van der Waals surface area contributed by atoms with E-state index in [2.05, 4.69) is 15.9 Å². The van der Waals surface area contributed by atoms with Crippen molar-refractivity contribution < 1.29 is 9.21 Å². The molecule has 11 heavy (non-hydrogen) atoms. The highest BCUT2D eigenvalue weighted by atomic mass is 79.9. The molecule has 0 radical (unpaired) electrons. The molecular weight excluding hydrogens is 208 g/mol. The molecule has 0 aliphatic rings. The van der Waals surface area contributed by atoms with E-state index in [1.165, 1.54) is 0 Å². The van der Waals surface area contributed by atoms with E-state index in [4.69, 9.17) is 4.42 Å². The Bertz CT molecular complexity index is 263. The Labute approximate surface area is 73.7 Å². The molecular formula is C8H9BrO2. The first-order valence-electron chi connectivity index (χ1n) is 3.39. The smallest absolute Gasteiger partial charge is 0.185 e. The minimum atomic E-state index is 0.304. The summed E-state index contributed by atoms with van der Waals surface area (Å²) in [7, 11) is 0. The Morgan fingerprint density at radius 3 is 2.55 bits per heavy atom. The van der Waals surface area contributed by atoms with Crippen LogP contribution in [0, 0.1) is 0 Å². The van der Waals surface area contributed by atoms with Crippen LogP contribution in [0.1, 0.15) is 36.1 Å². The van der Waals surface area contributed by atoms with Gasteiger partial charge in [-0.25, -0.2) is 0 Å². The van der Waals surface area contributed by atoms with Gasteiger partial charge >= 0.3 is 0 Å². The summed E-state index contributed by atoms with van der Waals surface area (Å²) in [5, 5.41) is 0. The SMILES string of the molecule is CC(C)c1oc(C=O)cc1Br. The van der Waals surface area contributed by atoms with Gasteiger partial charge in [0.05, 0.1) is 4.47 Å². The van der Waals surface area contributed by atoms with Crippen LogP contribution in [0.4, 0.5) is 0 Å². The van der Waals surface area contributed by atoms with Crippen molar-refractivity contribution in [3.05, 3.63) is 22.1 Å². The summed E-state index contributed by atoms with van der Waals surface area (Å²) in [6.45, 7) is 4.02. The first kappa shape index (κ1) is 8.53. The van der Waals surface area contributed by atoms with Crippen molar-refractivity contribution in [2.24, 2.45) is 0 Å². The van der Waals surface area contributed by atoms with Gasteiger partial charge in [0.15, 0.2) is 12.0 Å². The molecule has 0 aromatic carbocycles. The molecule has 1 rings (SSSR count). The summed E-state index contributed by atoms with van der Waals surface area (Å²) in [4.78, 5) is 10.3. The topological polar surface area (TPSA) is 30.2 Å². The minimum Gasteiger partial charge on any atom is -0.457 e. The second-order valence-corrected chi connectivity index (χ2v) is 3.49. The van der Waals surface area contributed by atoms with Gasteiger partial charge in [0.2, 0.25) is 0 Å². The van der Waals surface area contributed by atoms with E-state index in [0.29, 0.717) is 18.0 Å². The first-order chi connectivity index (χ1) is 5.15. The standard InChI is InChI=1S/C8H9BrO2/c1-5(2)8-7(9)3-6(4-10)11-8/h3-5H,1-2H3. The van der Waals surface area contributed by atoms with Crippen LogP contribution in [-0.2, 0) is 0 Å². The fourth-order valence-corrected chi connectivity index (χ4v) is 1.62. The first-order valence-corrected chi connectivity index (χ1v) is 4.19. The average Bonchev–Trinajstić information content (AvgIpc) is 2.30. The van der Waals surface area contributed by atoms with Crippen LogP contribution in [0.2, 0.25) is 0 Å². The molecule has 0 saturated carbocycles. The zero-order valence-electron chi connectivity index (χ0n) is 6.43. The normalized spacial score (nSPS) is 10.5. The predicted octanol–water partition coefficient (Wildman–Crippen LogP) is 2.98. The van der Waals surface area contributed by atoms with Gasteiger partial charge in [-0.05, 0) is 15.9 Å². The maximum Gasteiger partial charge on any atom is 0.185 e. The van der Waals surface area contributed by atoms with E-state index in [-0.39, 0.29) is 0 Å². The molecule has 0 bridgehead atoms. The molecule has 60 valence electrons. The van der Waals surface area contributed by atoms with Gasteiger partial charge < -0.3 is 4.42 Å². The Morgan fingerprint density at radius 2 is 2.27 bits per heavy atom. The van der Waals surface area contributed by atoms with Crippen LogP contribution in [0.3, 0.4) is 0 Å². The summed E-state index contributed by atoms with van der Waals surface area (Å²) < 4.78 is 6.08. The average molecular weight is 217 g/mol. The highest BCUT2D eigenvalue weighted by Crippen LogP contribution is 2.27. The van der Waals surface area contributed by atoms with Crippen molar-refractivity contribution in [1.82, 2.24) is 0 Å². The Balaban J connectivity index is 3.06. The van der Waals surface area contributed by atoms with Crippen LogP contribution in [0.5, 0.6) is 0 Å².